The summed E-state index contributed by atoms with van der Waals surface area (Å²) in [5.41, 5.74) is -0.245. The molecule has 2 aliphatic rings. The minimum Gasteiger partial charge on any atom is -0.445 e. The van der Waals surface area contributed by atoms with Crippen LogP contribution in [0.15, 0.2) is 48.5 Å². The first kappa shape index (κ1) is 24.9. The number of amides is 1. The molecule has 9 heteroatoms. The first-order chi connectivity index (χ1) is 16.8. The minimum absolute atomic E-state index is 0.208. The summed E-state index contributed by atoms with van der Waals surface area (Å²) >= 11 is 0. The topological polar surface area (TPSA) is 75.9 Å². The van der Waals surface area contributed by atoms with Gasteiger partial charge in [-0.05, 0) is 56.1 Å². The second-order valence-electron chi connectivity index (χ2n) is 9.54. The summed E-state index contributed by atoms with van der Waals surface area (Å²) in [5, 5.41) is 10.8. The molecule has 7 nitrogen and oxygen atoms in total. The van der Waals surface area contributed by atoms with Gasteiger partial charge in [0.15, 0.2) is 5.82 Å². The van der Waals surface area contributed by atoms with Crippen molar-refractivity contribution in [1.29, 1.82) is 0 Å². The number of halogens is 2. The quantitative estimate of drug-likeness (QED) is 0.361. The molecule has 0 spiro atoms. The highest BCUT2D eigenvalue weighted by Gasteiger charge is 2.37. The Labute approximate surface area is 203 Å². The Hall–Kier alpha value is -3.23. The number of alkyl halides is 1. The molecule has 188 valence electrons. The molecule has 2 fully saturated rings. The largest absolute Gasteiger partial charge is 0.445 e. The van der Waals surface area contributed by atoms with Crippen LogP contribution in [0.25, 0.3) is 0 Å². The van der Waals surface area contributed by atoms with Crippen molar-refractivity contribution in [3.8, 4) is 0 Å². The van der Waals surface area contributed by atoms with E-state index in [1.165, 1.54) is 12.1 Å². The lowest BCUT2D eigenvalue weighted by Gasteiger charge is -2.38. The number of anilines is 1. The summed E-state index contributed by atoms with van der Waals surface area (Å²) in [4.78, 5) is 26.0. The highest BCUT2D eigenvalue weighted by molar-refractivity contribution is 5.67. The molecule has 4 rings (SSSR count). The van der Waals surface area contributed by atoms with E-state index in [2.05, 4.69) is 0 Å². The van der Waals surface area contributed by atoms with E-state index in [9.17, 15) is 19.3 Å². The van der Waals surface area contributed by atoms with Gasteiger partial charge >= 0.3 is 6.09 Å². The zero-order valence-corrected chi connectivity index (χ0v) is 19.7. The average molecular weight is 488 g/mol. The molecule has 0 N–H and O–H groups in total. The van der Waals surface area contributed by atoms with E-state index < -0.39 is 22.5 Å². The number of carbonyl (C=O) groups excluding carboxylic acids is 1. The van der Waals surface area contributed by atoms with E-state index in [4.69, 9.17) is 4.74 Å². The highest BCUT2D eigenvalue weighted by atomic mass is 19.1. The van der Waals surface area contributed by atoms with Gasteiger partial charge in [0.25, 0.3) is 5.69 Å². The third-order valence-corrected chi connectivity index (χ3v) is 7.22. The maximum atomic E-state index is 15.4. The van der Waals surface area contributed by atoms with Crippen LogP contribution in [0.5, 0.6) is 0 Å². The Bertz CT molecular complexity index is 1020. The number of nitro groups is 1. The normalized spacial score (nSPS) is 18.3. The van der Waals surface area contributed by atoms with Crippen molar-refractivity contribution in [3.05, 3.63) is 70.0 Å². The number of nitrogens with zero attached hydrogens (tertiary/aromatic N) is 3. The standard InChI is InChI=1S/C26H31F2N3O4/c27-23-18-22(31(33)34)6-7-24(23)29-14-9-20(10-15-29)8-11-26(28)12-16-30(17-13-26)25(32)35-19-21-4-2-1-3-5-21/h1-7,18,20H,8-17,19H2. The maximum Gasteiger partial charge on any atom is 0.410 e. The second-order valence-corrected chi connectivity index (χ2v) is 9.54. The molecule has 2 aromatic rings. The number of likely N-dealkylation sites (tertiary alicyclic amines) is 1. The van der Waals surface area contributed by atoms with Crippen LogP contribution in [0, 0.1) is 21.8 Å². The number of non-ortho nitro benzene ring substituents is 1. The minimum atomic E-state index is -1.28. The number of nitro benzene ring substituents is 1. The molecule has 0 aromatic heterocycles. The fraction of sp³-hybridized carbons (Fsp3) is 0.500. The van der Waals surface area contributed by atoms with E-state index in [0.29, 0.717) is 57.0 Å². The SMILES string of the molecule is O=C(OCc1ccccc1)N1CCC(F)(CCC2CCN(c3ccc([N+](=O)[O-])cc3F)CC2)CC1. The van der Waals surface area contributed by atoms with E-state index >= 15 is 4.39 Å². The fourth-order valence-electron chi connectivity index (χ4n) is 4.94. The predicted octanol–water partition coefficient (Wildman–Crippen LogP) is 5.87. The first-order valence-electron chi connectivity index (χ1n) is 12.2. The number of carbonyl (C=O) groups is 1. The van der Waals surface area contributed by atoms with Gasteiger partial charge in [-0.15, -0.1) is 0 Å². The van der Waals surface area contributed by atoms with Crippen molar-refractivity contribution < 1.29 is 23.2 Å². The third kappa shape index (κ3) is 6.46. The zero-order valence-electron chi connectivity index (χ0n) is 19.7. The molecule has 0 saturated carbocycles. The van der Waals surface area contributed by atoms with Crippen LogP contribution in [0.4, 0.5) is 25.0 Å². The van der Waals surface area contributed by atoms with Crippen molar-refractivity contribution in [2.24, 2.45) is 5.92 Å². The van der Waals surface area contributed by atoms with Crippen LogP contribution in [0.2, 0.25) is 0 Å². The maximum absolute atomic E-state index is 15.4. The Morgan fingerprint density at radius 2 is 1.77 bits per heavy atom. The van der Waals surface area contributed by atoms with Crippen LogP contribution in [-0.4, -0.2) is 47.8 Å². The predicted molar refractivity (Wildman–Crippen MR) is 128 cm³/mol. The van der Waals surface area contributed by atoms with Crippen LogP contribution in [0.3, 0.4) is 0 Å². The van der Waals surface area contributed by atoms with Crippen molar-refractivity contribution in [1.82, 2.24) is 4.90 Å². The first-order valence-corrected chi connectivity index (χ1v) is 12.2. The highest BCUT2D eigenvalue weighted by Crippen LogP contribution is 2.36. The summed E-state index contributed by atoms with van der Waals surface area (Å²) in [7, 11) is 0. The smallest absolute Gasteiger partial charge is 0.410 e. The molecular weight excluding hydrogens is 456 g/mol. The van der Waals surface area contributed by atoms with Crippen LogP contribution in [-0.2, 0) is 11.3 Å². The molecule has 35 heavy (non-hydrogen) atoms. The Balaban J connectivity index is 1.18. The van der Waals surface area contributed by atoms with Gasteiger partial charge in [-0.1, -0.05) is 30.3 Å². The second kappa shape index (κ2) is 11.0. The van der Waals surface area contributed by atoms with Crippen LogP contribution in [0.1, 0.15) is 44.1 Å². The number of piperidine rings is 2. The number of ether oxygens (including phenoxy) is 1. The average Bonchev–Trinajstić information content (AvgIpc) is 2.87. The summed E-state index contributed by atoms with van der Waals surface area (Å²) in [6.45, 7) is 2.18. The molecule has 2 heterocycles. The lowest BCUT2D eigenvalue weighted by Crippen LogP contribution is -2.45. The van der Waals surface area contributed by atoms with Crippen molar-refractivity contribution >= 4 is 17.5 Å². The molecule has 2 aliphatic heterocycles. The van der Waals surface area contributed by atoms with Gasteiger partial charge in [0.2, 0.25) is 0 Å². The van der Waals surface area contributed by atoms with Gasteiger partial charge in [-0.25, -0.2) is 13.6 Å². The summed E-state index contributed by atoms with van der Waals surface area (Å²) in [6.07, 6.45) is 3.07. The Morgan fingerprint density at radius 3 is 2.40 bits per heavy atom. The summed E-state index contributed by atoms with van der Waals surface area (Å²) in [5.74, 6) is -0.233. The zero-order chi connectivity index (χ0) is 24.8. The van der Waals surface area contributed by atoms with E-state index in [-0.39, 0.29) is 12.3 Å². The van der Waals surface area contributed by atoms with Crippen molar-refractivity contribution in [2.75, 3.05) is 31.1 Å². The van der Waals surface area contributed by atoms with Gasteiger partial charge < -0.3 is 14.5 Å². The lowest BCUT2D eigenvalue weighted by molar-refractivity contribution is -0.385. The van der Waals surface area contributed by atoms with Crippen molar-refractivity contribution in [2.45, 2.75) is 50.8 Å². The Morgan fingerprint density at radius 1 is 1.09 bits per heavy atom. The fourth-order valence-corrected chi connectivity index (χ4v) is 4.94. The monoisotopic (exact) mass is 487 g/mol. The van der Waals surface area contributed by atoms with E-state index in [1.54, 1.807) is 4.90 Å². The number of benzene rings is 2. The third-order valence-electron chi connectivity index (χ3n) is 7.22. The van der Waals surface area contributed by atoms with E-state index in [0.717, 1.165) is 30.9 Å². The molecular formula is C26H31F2N3O4. The summed E-state index contributed by atoms with van der Waals surface area (Å²) < 4.78 is 35.1. The van der Waals surface area contributed by atoms with Gasteiger partial charge in [-0.2, -0.15) is 0 Å². The van der Waals surface area contributed by atoms with Gasteiger partial charge in [0.05, 0.1) is 16.7 Å². The molecule has 2 aromatic carbocycles. The molecule has 0 bridgehead atoms. The van der Waals surface area contributed by atoms with Gasteiger partial charge in [-0.3, -0.25) is 10.1 Å². The van der Waals surface area contributed by atoms with Crippen molar-refractivity contribution in [3.63, 3.8) is 0 Å². The van der Waals surface area contributed by atoms with Crippen LogP contribution >= 0.6 is 0 Å². The molecule has 0 aliphatic carbocycles. The van der Waals surface area contributed by atoms with Crippen LogP contribution < -0.4 is 4.90 Å². The van der Waals surface area contributed by atoms with Gasteiger partial charge in [0, 0.05) is 32.2 Å². The molecule has 1 amide bonds. The lowest BCUT2D eigenvalue weighted by atomic mass is 9.83. The molecule has 0 unspecified atom stereocenters. The molecule has 2 saturated heterocycles. The molecule has 0 atom stereocenters. The van der Waals surface area contributed by atoms with Gasteiger partial charge in [0.1, 0.15) is 12.3 Å². The molecule has 0 radical (unpaired) electrons. The number of rotatable bonds is 7. The van der Waals surface area contributed by atoms with E-state index in [1.807, 2.05) is 35.2 Å². The summed E-state index contributed by atoms with van der Waals surface area (Å²) in [6, 6.07) is 13.2. The number of hydrogen-bond donors (Lipinski definition) is 0. The Kier molecular flexibility index (Phi) is 7.83. The number of hydrogen-bond acceptors (Lipinski definition) is 5.